The maximum Gasteiger partial charge on any atom is 0.230 e. The zero-order chi connectivity index (χ0) is 11.5. The van der Waals surface area contributed by atoms with Crippen molar-refractivity contribution in [3.8, 4) is 0 Å². The van der Waals surface area contributed by atoms with E-state index in [1.807, 2.05) is 12.3 Å². The van der Waals surface area contributed by atoms with E-state index in [1.165, 1.54) is 0 Å². The van der Waals surface area contributed by atoms with Gasteiger partial charge in [0.2, 0.25) is 5.89 Å². The summed E-state index contributed by atoms with van der Waals surface area (Å²) in [7, 11) is 0. The van der Waals surface area contributed by atoms with Gasteiger partial charge < -0.3 is 4.52 Å². The smallest absolute Gasteiger partial charge is 0.230 e. The topological polar surface area (TPSA) is 56.7 Å². The van der Waals surface area contributed by atoms with Crippen LogP contribution in [0.2, 0.25) is 0 Å². The molecule has 1 aliphatic carbocycles. The van der Waals surface area contributed by atoms with Crippen LogP contribution in [0.1, 0.15) is 36.9 Å². The minimum atomic E-state index is 0.388. The Morgan fingerprint density at radius 3 is 3.18 bits per heavy atom. The Morgan fingerprint density at radius 2 is 2.41 bits per heavy atom. The summed E-state index contributed by atoms with van der Waals surface area (Å²) >= 11 is 0. The van der Waals surface area contributed by atoms with Gasteiger partial charge in [0.25, 0.3) is 0 Å². The zero-order valence-corrected chi connectivity index (χ0v) is 9.49. The first-order valence-electron chi connectivity index (χ1n) is 5.87. The van der Waals surface area contributed by atoms with E-state index in [0.29, 0.717) is 18.3 Å². The first-order chi connectivity index (χ1) is 8.42. The number of hydrogen-bond acceptors (Lipinski definition) is 4. The molecule has 0 spiro atoms. The van der Waals surface area contributed by atoms with Gasteiger partial charge in [-0.2, -0.15) is 10.1 Å². The van der Waals surface area contributed by atoms with Gasteiger partial charge in [0.05, 0.1) is 0 Å². The minimum Gasteiger partial charge on any atom is -0.339 e. The van der Waals surface area contributed by atoms with E-state index in [0.717, 1.165) is 25.2 Å². The first kappa shape index (κ1) is 10.3. The van der Waals surface area contributed by atoms with E-state index in [4.69, 9.17) is 4.52 Å². The normalized spacial score (nSPS) is 19.6. The number of rotatable bonds is 3. The van der Waals surface area contributed by atoms with Gasteiger partial charge in [-0.1, -0.05) is 17.3 Å². The summed E-state index contributed by atoms with van der Waals surface area (Å²) in [6, 6.07) is 1.88. The number of nitrogens with zero attached hydrogens (tertiary/aromatic N) is 4. The summed E-state index contributed by atoms with van der Waals surface area (Å²) in [6.07, 6.45) is 11.2. The van der Waals surface area contributed by atoms with Crippen molar-refractivity contribution in [3.05, 3.63) is 42.3 Å². The zero-order valence-electron chi connectivity index (χ0n) is 9.49. The van der Waals surface area contributed by atoms with Crippen molar-refractivity contribution < 1.29 is 4.52 Å². The first-order valence-corrected chi connectivity index (χ1v) is 5.87. The average molecular weight is 230 g/mol. The summed E-state index contributed by atoms with van der Waals surface area (Å²) in [6.45, 7) is 0.569. The van der Waals surface area contributed by atoms with Crippen LogP contribution in [-0.4, -0.2) is 19.9 Å². The van der Waals surface area contributed by atoms with Gasteiger partial charge in [0.15, 0.2) is 5.82 Å². The Bertz CT molecular complexity index is 500. The molecule has 2 aromatic heterocycles. The molecule has 0 N–H and O–H groups in total. The van der Waals surface area contributed by atoms with Crippen LogP contribution in [0.15, 0.2) is 35.1 Å². The second-order valence-corrected chi connectivity index (χ2v) is 4.23. The van der Waals surface area contributed by atoms with Crippen LogP contribution in [0.5, 0.6) is 0 Å². The monoisotopic (exact) mass is 230 g/mol. The Hall–Kier alpha value is -1.91. The molecule has 88 valence electrons. The lowest BCUT2D eigenvalue weighted by molar-refractivity contribution is 0.340. The highest BCUT2D eigenvalue weighted by molar-refractivity contribution is 5.02. The quantitative estimate of drug-likeness (QED) is 0.758. The van der Waals surface area contributed by atoms with Crippen LogP contribution < -0.4 is 0 Å². The number of aromatic nitrogens is 4. The molecule has 0 fully saturated rings. The van der Waals surface area contributed by atoms with Crippen LogP contribution in [0.3, 0.4) is 0 Å². The highest BCUT2D eigenvalue weighted by Crippen LogP contribution is 2.27. The molecule has 1 aliphatic rings. The average Bonchev–Trinajstić information content (AvgIpc) is 3.02. The van der Waals surface area contributed by atoms with Crippen LogP contribution >= 0.6 is 0 Å². The molecule has 0 aromatic carbocycles. The highest BCUT2D eigenvalue weighted by atomic mass is 16.5. The van der Waals surface area contributed by atoms with Crippen molar-refractivity contribution in [1.29, 1.82) is 0 Å². The minimum absolute atomic E-state index is 0.388. The summed E-state index contributed by atoms with van der Waals surface area (Å²) in [5.41, 5.74) is 0. The molecule has 0 bridgehead atoms. The molecule has 2 heterocycles. The Balaban J connectivity index is 1.71. The van der Waals surface area contributed by atoms with Gasteiger partial charge in [-0.25, -0.2) is 0 Å². The molecule has 2 aromatic rings. The Kier molecular flexibility index (Phi) is 2.73. The molecule has 5 nitrogen and oxygen atoms in total. The van der Waals surface area contributed by atoms with Gasteiger partial charge >= 0.3 is 0 Å². The molecular formula is C12H14N4O. The molecule has 3 rings (SSSR count). The van der Waals surface area contributed by atoms with Crippen molar-refractivity contribution in [2.45, 2.75) is 31.7 Å². The van der Waals surface area contributed by atoms with E-state index >= 15 is 0 Å². The van der Waals surface area contributed by atoms with E-state index < -0.39 is 0 Å². The molecule has 0 radical (unpaired) electrons. The molecule has 0 aliphatic heterocycles. The fourth-order valence-corrected chi connectivity index (χ4v) is 2.05. The van der Waals surface area contributed by atoms with Crippen LogP contribution in [0.25, 0.3) is 0 Å². The highest BCUT2D eigenvalue weighted by Gasteiger charge is 2.19. The van der Waals surface area contributed by atoms with Crippen molar-refractivity contribution in [3.63, 3.8) is 0 Å². The molecule has 0 saturated heterocycles. The molecular weight excluding hydrogens is 216 g/mol. The SMILES string of the molecule is C1=CCC(c2nc(Cn3cccn3)no2)CC1. The van der Waals surface area contributed by atoms with Gasteiger partial charge in [-0.05, 0) is 25.3 Å². The lowest BCUT2D eigenvalue weighted by Crippen LogP contribution is -2.04. The maximum absolute atomic E-state index is 5.32. The van der Waals surface area contributed by atoms with Crippen molar-refractivity contribution >= 4 is 0 Å². The molecule has 17 heavy (non-hydrogen) atoms. The van der Waals surface area contributed by atoms with Crippen LogP contribution in [-0.2, 0) is 6.54 Å². The van der Waals surface area contributed by atoms with Gasteiger partial charge in [0.1, 0.15) is 6.54 Å². The second kappa shape index (κ2) is 4.53. The standard InChI is InChI=1S/C12H14N4O/c1-2-5-10(6-3-1)12-14-11(15-17-12)9-16-8-4-7-13-16/h1-2,4,7-8,10H,3,5-6,9H2. The van der Waals surface area contributed by atoms with Crippen molar-refractivity contribution in [2.75, 3.05) is 0 Å². The third kappa shape index (κ3) is 2.27. The summed E-state index contributed by atoms with van der Waals surface area (Å²) in [5.74, 6) is 1.84. The Labute approximate surface area is 99.1 Å². The van der Waals surface area contributed by atoms with Gasteiger partial charge in [0, 0.05) is 18.3 Å². The van der Waals surface area contributed by atoms with Gasteiger partial charge in [-0.15, -0.1) is 0 Å². The predicted octanol–water partition coefficient (Wildman–Crippen LogP) is 2.14. The van der Waals surface area contributed by atoms with E-state index in [2.05, 4.69) is 27.4 Å². The van der Waals surface area contributed by atoms with E-state index in [9.17, 15) is 0 Å². The van der Waals surface area contributed by atoms with Crippen LogP contribution in [0, 0.1) is 0 Å². The molecule has 5 heteroatoms. The second-order valence-electron chi connectivity index (χ2n) is 4.23. The third-order valence-electron chi connectivity index (χ3n) is 2.96. The number of hydrogen-bond donors (Lipinski definition) is 0. The summed E-state index contributed by atoms with van der Waals surface area (Å²) < 4.78 is 7.10. The van der Waals surface area contributed by atoms with Crippen molar-refractivity contribution in [2.24, 2.45) is 0 Å². The van der Waals surface area contributed by atoms with Gasteiger partial charge in [-0.3, -0.25) is 4.68 Å². The van der Waals surface area contributed by atoms with Crippen LogP contribution in [0.4, 0.5) is 0 Å². The number of allylic oxidation sites excluding steroid dienone is 2. The fourth-order valence-electron chi connectivity index (χ4n) is 2.05. The Morgan fingerprint density at radius 1 is 1.41 bits per heavy atom. The molecule has 0 saturated carbocycles. The van der Waals surface area contributed by atoms with Crippen molar-refractivity contribution in [1.82, 2.24) is 19.9 Å². The lowest BCUT2D eigenvalue weighted by Gasteiger charge is -2.12. The predicted molar refractivity (Wildman–Crippen MR) is 61.4 cm³/mol. The van der Waals surface area contributed by atoms with E-state index in [1.54, 1.807) is 10.9 Å². The van der Waals surface area contributed by atoms with E-state index in [-0.39, 0.29) is 0 Å². The largest absolute Gasteiger partial charge is 0.339 e. The maximum atomic E-state index is 5.32. The lowest BCUT2D eigenvalue weighted by atomic mass is 9.94. The molecule has 1 atom stereocenters. The molecule has 0 amide bonds. The summed E-state index contributed by atoms with van der Waals surface area (Å²) in [5, 5.41) is 8.11. The molecule has 1 unspecified atom stereocenters. The summed E-state index contributed by atoms with van der Waals surface area (Å²) in [4.78, 5) is 4.44. The fraction of sp³-hybridized carbons (Fsp3) is 0.417. The third-order valence-corrected chi connectivity index (χ3v) is 2.96.